The van der Waals surface area contributed by atoms with Gasteiger partial charge in [-0.3, -0.25) is 0 Å². The van der Waals surface area contributed by atoms with Crippen molar-refractivity contribution >= 4 is 5.97 Å². The Bertz CT molecular complexity index is 526. The van der Waals surface area contributed by atoms with E-state index in [1.807, 2.05) is 0 Å². The fraction of sp³-hybridized carbons (Fsp3) is 0.273. The van der Waals surface area contributed by atoms with Crippen LogP contribution in [0.5, 0.6) is 5.75 Å². The molecule has 0 aliphatic rings. The van der Waals surface area contributed by atoms with Gasteiger partial charge in [0.25, 0.3) is 0 Å². The molecule has 2 N–H and O–H groups in total. The van der Waals surface area contributed by atoms with Gasteiger partial charge in [0.2, 0.25) is 0 Å². The van der Waals surface area contributed by atoms with E-state index in [9.17, 15) is 9.90 Å². The molecule has 0 amide bonds. The SMILES string of the molecule is O=C(O)c1ccc(OCC(O)Cn2cnnn2)cc1. The van der Waals surface area contributed by atoms with E-state index < -0.39 is 12.1 Å². The zero-order valence-corrected chi connectivity index (χ0v) is 9.88. The summed E-state index contributed by atoms with van der Waals surface area (Å²) in [6.45, 7) is 0.284. The fourth-order valence-electron chi connectivity index (χ4n) is 1.42. The van der Waals surface area contributed by atoms with Crippen molar-refractivity contribution in [2.45, 2.75) is 12.6 Å². The smallest absolute Gasteiger partial charge is 0.335 e. The minimum absolute atomic E-state index is 0.0618. The Labute approximate surface area is 108 Å². The van der Waals surface area contributed by atoms with E-state index in [1.54, 1.807) is 0 Å². The number of ether oxygens (including phenoxy) is 1. The van der Waals surface area contributed by atoms with Crippen molar-refractivity contribution < 1.29 is 19.7 Å². The summed E-state index contributed by atoms with van der Waals surface area (Å²) in [5.41, 5.74) is 0.182. The number of hydrogen-bond acceptors (Lipinski definition) is 6. The van der Waals surface area contributed by atoms with Gasteiger partial charge in [-0.15, -0.1) is 5.10 Å². The van der Waals surface area contributed by atoms with Crippen LogP contribution in [0.15, 0.2) is 30.6 Å². The quantitative estimate of drug-likeness (QED) is 0.744. The van der Waals surface area contributed by atoms with Crippen LogP contribution in [0.1, 0.15) is 10.4 Å². The second kappa shape index (κ2) is 5.91. The second-order valence-corrected chi connectivity index (χ2v) is 3.83. The summed E-state index contributed by atoms with van der Waals surface area (Å²) in [7, 11) is 0. The Morgan fingerprint density at radius 2 is 2.11 bits per heavy atom. The molecule has 100 valence electrons. The molecule has 0 saturated heterocycles. The number of aliphatic hydroxyl groups excluding tert-OH is 1. The van der Waals surface area contributed by atoms with Gasteiger partial charge >= 0.3 is 5.97 Å². The highest BCUT2D eigenvalue weighted by molar-refractivity contribution is 5.87. The van der Waals surface area contributed by atoms with Gasteiger partial charge < -0.3 is 14.9 Å². The molecule has 0 spiro atoms. The Morgan fingerprint density at radius 3 is 2.68 bits per heavy atom. The maximum absolute atomic E-state index is 10.7. The van der Waals surface area contributed by atoms with E-state index in [1.165, 1.54) is 35.3 Å². The van der Waals surface area contributed by atoms with E-state index in [0.29, 0.717) is 5.75 Å². The summed E-state index contributed by atoms with van der Waals surface area (Å²) in [4.78, 5) is 10.7. The van der Waals surface area contributed by atoms with Crippen LogP contribution in [0.25, 0.3) is 0 Å². The zero-order valence-electron chi connectivity index (χ0n) is 9.88. The summed E-state index contributed by atoms with van der Waals surface area (Å²) in [6, 6.07) is 5.94. The molecule has 8 heteroatoms. The number of nitrogens with zero attached hydrogens (tertiary/aromatic N) is 4. The minimum Gasteiger partial charge on any atom is -0.491 e. The molecule has 0 fully saturated rings. The minimum atomic E-state index is -0.995. The number of aromatic carboxylic acids is 1. The number of carboxylic acid groups (broad SMARTS) is 1. The van der Waals surface area contributed by atoms with Crippen LogP contribution in [0.3, 0.4) is 0 Å². The lowest BCUT2D eigenvalue weighted by atomic mass is 10.2. The first kappa shape index (κ1) is 13.0. The van der Waals surface area contributed by atoms with Crippen LogP contribution in [0, 0.1) is 0 Å². The van der Waals surface area contributed by atoms with Gasteiger partial charge in [0, 0.05) is 0 Å². The van der Waals surface area contributed by atoms with Crippen molar-refractivity contribution in [1.29, 1.82) is 0 Å². The number of carbonyl (C=O) groups is 1. The van der Waals surface area contributed by atoms with E-state index in [0.717, 1.165) is 0 Å². The van der Waals surface area contributed by atoms with Crippen LogP contribution in [0.4, 0.5) is 0 Å². The van der Waals surface area contributed by atoms with Crippen molar-refractivity contribution in [1.82, 2.24) is 20.2 Å². The van der Waals surface area contributed by atoms with E-state index >= 15 is 0 Å². The van der Waals surface area contributed by atoms with Gasteiger partial charge in [0.05, 0.1) is 12.1 Å². The first-order chi connectivity index (χ1) is 9.15. The highest BCUT2D eigenvalue weighted by atomic mass is 16.5. The molecule has 1 unspecified atom stereocenters. The molecule has 1 aromatic heterocycles. The average molecular weight is 264 g/mol. The van der Waals surface area contributed by atoms with Crippen LogP contribution >= 0.6 is 0 Å². The highest BCUT2D eigenvalue weighted by Gasteiger charge is 2.08. The van der Waals surface area contributed by atoms with Crippen LogP contribution in [-0.4, -0.2) is 49.1 Å². The first-order valence-corrected chi connectivity index (χ1v) is 5.50. The molecular formula is C11H12N4O4. The number of tetrazole rings is 1. The second-order valence-electron chi connectivity index (χ2n) is 3.83. The standard InChI is InChI=1S/C11H12N4O4/c16-9(5-15-7-12-13-14-15)6-19-10-3-1-8(2-4-10)11(17)18/h1-4,7,9,16H,5-6H2,(H,17,18). The van der Waals surface area contributed by atoms with Gasteiger partial charge in [-0.2, -0.15) is 0 Å². The number of rotatable bonds is 6. The van der Waals surface area contributed by atoms with Gasteiger partial charge in [-0.25, -0.2) is 9.48 Å². The average Bonchev–Trinajstić information content (AvgIpc) is 2.89. The Kier molecular flexibility index (Phi) is 4.04. The molecule has 2 aromatic rings. The van der Waals surface area contributed by atoms with Crippen molar-refractivity contribution in [2.24, 2.45) is 0 Å². The molecule has 8 nitrogen and oxygen atoms in total. The summed E-state index contributed by atoms with van der Waals surface area (Å²) in [6.07, 6.45) is 0.632. The monoisotopic (exact) mass is 264 g/mol. The van der Waals surface area contributed by atoms with Gasteiger partial charge in [-0.05, 0) is 34.7 Å². The molecule has 1 aromatic carbocycles. The molecule has 0 aliphatic heterocycles. The lowest BCUT2D eigenvalue weighted by molar-refractivity contribution is 0.0696. The Morgan fingerprint density at radius 1 is 1.37 bits per heavy atom. The third kappa shape index (κ3) is 3.75. The normalized spacial score (nSPS) is 12.1. The highest BCUT2D eigenvalue weighted by Crippen LogP contribution is 2.12. The molecule has 0 saturated carbocycles. The molecule has 1 atom stereocenters. The van der Waals surface area contributed by atoms with Gasteiger partial charge in [0.1, 0.15) is 24.8 Å². The lowest BCUT2D eigenvalue weighted by Crippen LogP contribution is -2.24. The number of hydrogen-bond donors (Lipinski definition) is 2. The maximum atomic E-state index is 10.7. The maximum Gasteiger partial charge on any atom is 0.335 e. The molecule has 0 radical (unpaired) electrons. The third-order valence-corrected chi connectivity index (χ3v) is 2.33. The van der Waals surface area contributed by atoms with Crippen LogP contribution < -0.4 is 4.74 Å². The van der Waals surface area contributed by atoms with Crippen LogP contribution in [0.2, 0.25) is 0 Å². The lowest BCUT2D eigenvalue weighted by Gasteiger charge is -2.11. The molecule has 0 bridgehead atoms. The number of benzene rings is 1. The summed E-state index contributed by atoms with van der Waals surface area (Å²) < 4.78 is 6.72. The third-order valence-electron chi connectivity index (χ3n) is 2.33. The van der Waals surface area contributed by atoms with Crippen LogP contribution in [-0.2, 0) is 6.54 Å². The van der Waals surface area contributed by atoms with Crippen molar-refractivity contribution in [3.8, 4) is 5.75 Å². The summed E-state index contributed by atoms with van der Waals surface area (Å²) in [5, 5.41) is 28.9. The predicted molar refractivity (Wildman–Crippen MR) is 62.7 cm³/mol. The summed E-state index contributed by atoms with van der Waals surface area (Å²) >= 11 is 0. The molecule has 2 rings (SSSR count). The molecule has 1 heterocycles. The summed E-state index contributed by atoms with van der Waals surface area (Å²) in [5.74, 6) is -0.508. The van der Waals surface area contributed by atoms with E-state index in [2.05, 4.69) is 15.5 Å². The van der Waals surface area contributed by atoms with E-state index in [4.69, 9.17) is 9.84 Å². The number of aromatic nitrogens is 4. The first-order valence-electron chi connectivity index (χ1n) is 5.50. The zero-order chi connectivity index (χ0) is 13.7. The molecular weight excluding hydrogens is 252 g/mol. The number of carboxylic acids is 1. The fourth-order valence-corrected chi connectivity index (χ4v) is 1.42. The Balaban J connectivity index is 1.83. The predicted octanol–water partition coefficient (Wildman–Crippen LogP) is -0.189. The molecule has 19 heavy (non-hydrogen) atoms. The van der Waals surface area contributed by atoms with E-state index in [-0.39, 0.29) is 18.7 Å². The number of aliphatic hydroxyl groups is 1. The van der Waals surface area contributed by atoms with Crippen molar-refractivity contribution in [2.75, 3.05) is 6.61 Å². The topological polar surface area (TPSA) is 110 Å². The van der Waals surface area contributed by atoms with Gasteiger partial charge in [0.15, 0.2) is 0 Å². The Hall–Kier alpha value is -2.48. The largest absolute Gasteiger partial charge is 0.491 e. The molecule has 0 aliphatic carbocycles. The van der Waals surface area contributed by atoms with Crippen molar-refractivity contribution in [3.05, 3.63) is 36.2 Å². The van der Waals surface area contributed by atoms with Gasteiger partial charge in [-0.1, -0.05) is 0 Å². The van der Waals surface area contributed by atoms with Crippen molar-refractivity contribution in [3.63, 3.8) is 0 Å².